The standard InChI is InChI=1S/C12H16O/c1-7-5-6-8(2)12-11(7)9(3)10(4)13-12/h5-6,9-10H,1-4H3. The summed E-state index contributed by atoms with van der Waals surface area (Å²) in [5, 5.41) is 0. The van der Waals surface area contributed by atoms with E-state index in [0.29, 0.717) is 12.0 Å². The molecule has 0 saturated carbocycles. The molecule has 1 heteroatoms. The Balaban J connectivity index is 2.61. The van der Waals surface area contributed by atoms with Gasteiger partial charge in [0.1, 0.15) is 11.9 Å². The van der Waals surface area contributed by atoms with Crippen LogP contribution in [-0.2, 0) is 0 Å². The zero-order chi connectivity index (χ0) is 9.59. The maximum atomic E-state index is 5.83. The predicted molar refractivity (Wildman–Crippen MR) is 54.4 cm³/mol. The van der Waals surface area contributed by atoms with Gasteiger partial charge in [0.2, 0.25) is 0 Å². The van der Waals surface area contributed by atoms with Gasteiger partial charge >= 0.3 is 0 Å². The molecule has 2 unspecified atom stereocenters. The second-order valence-corrected chi connectivity index (χ2v) is 4.05. The molecule has 0 aromatic heterocycles. The Hall–Kier alpha value is -0.980. The van der Waals surface area contributed by atoms with E-state index in [9.17, 15) is 0 Å². The van der Waals surface area contributed by atoms with Crippen molar-refractivity contribution in [3.8, 4) is 5.75 Å². The van der Waals surface area contributed by atoms with Crippen molar-refractivity contribution in [2.75, 3.05) is 0 Å². The van der Waals surface area contributed by atoms with E-state index in [0.717, 1.165) is 5.75 Å². The molecule has 0 saturated heterocycles. The smallest absolute Gasteiger partial charge is 0.126 e. The molecule has 70 valence electrons. The molecule has 1 nitrogen and oxygen atoms in total. The van der Waals surface area contributed by atoms with Gasteiger partial charge < -0.3 is 4.74 Å². The van der Waals surface area contributed by atoms with Gasteiger partial charge in [-0.1, -0.05) is 19.1 Å². The SMILES string of the molecule is Cc1ccc(C)c2c1OC(C)C2C. The Morgan fingerprint density at radius 2 is 1.69 bits per heavy atom. The van der Waals surface area contributed by atoms with E-state index in [2.05, 4.69) is 39.8 Å². The van der Waals surface area contributed by atoms with Crippen molar-refractivity contribution < 1.29 is 4.74 Å². The van der Waals surface area contributed by atoms with E-state index in [4.69, 9.17) is 4.74 Å². The molecule has 2 rings (SSSR count). The molecule has 0 spiro atoms. The maximum Gasteiger partial charge on any atom is 0.126 e. The van der Waals surface area contributed by atoms with Crippen molar-refractivity contribution in [2.24, 2.45) is 0 Å². The minimum Gasteiger partial charge on any atom is -0.490 e. The van der Waals surface area contributed by atoms with Crippen molar-refractivity contribution in [1.29, 1.82) is 0 Å². The third-order valence-corrected chi connectivity index (χ3v) is 3.07. The third-order valence-electron chi connectivity index (χ3n) is 3.07. The van der Waals surface area contributed by atoms with Crippen LogP contribution in [0.25, 0.3) is 0 Å². The predicted octanol–water partition coefficient (Wildman–Crippen LogP) is 3.19. The Bertz CT molecular complexity index is 341. The average Bonchev–Trinajstić information content (AvgIpc) is 2.38. The van der Waals surface area contributed by atoms with Crippen LogP contribution >= 0.6 is 0 Å². The molecule has 1 aromatic carbocycles. The van der Waals surface area contributed by atoms with Gasteiger partial charge in [-0.05, 0) is 31.9 Å². The lowest BCUT2D eigenvalue weighted by molar-refractivity contribution is 0.231. The Labute approximate surface area is 79.7 Å². The topological polar surface area (TPSA) is 9.23 Å². The normalized spacial score (nSPS) is 25.5. The molecule has 1 aromatic rings. The number of fused-ring (bicyclic) bond motifs is 1. The summed E-state index contributed by atoms with van der Waals surface area (Å²) in [6, 6.07) is 4.32. The first kappa shape index (κ1) is 8.61. The molecule has 2 atom stereocenters. The lowest BCUT2D eigenvalue weighted by Gasteiger charge is -2.08. The highest BCUT2D eigenvalue weighted by Crippen LogP contribution is 2.41. The summed E-state index contributed by atoms with van der Waals surface area (Å²) in [6.45, 7) is 8.66. The molecular formula is C12H16O. The van der Waals surface area contributed by atoms with Crippen LogP contribution < -0.4 is 4.74 Å². The fourth-order valence-corrected chi connectivity index (χ4v) is 2.05. The molecule has 0 bridgehead atoms. The van der Waals surface area contributed by atoms with Crippen LogP contribution in [0, 0.1) is 13.8 Å². The van der Waals surface area contributed by atoms with Crippen LogP contribution in [0.3, 0.4) is 0 Å². The molecule has 0 amide bonds. The first-order valence-corrected chi connectivity index (χ1v) is 4.88. The van der Waals surface area contributed by atoms with Gasteiger partial charge in [0.15, 0.2) is 0 Å². The van der Waals surface area contributed by atoms with Crippen LogP contribution in [0.15, 0.2) is 12.1 Å². The van der Waals surface area contributed by atoms with E-state index < -0.39 is 0 Å². The summed E-state index contributed by atoms with van der Waals surface area (Å²) in [7, 11) is 0. The second kappa shape index (κ2) is 2.76. The van der Waals surface area contributed by atoms with Crippen molar-refractivity contribution in [3.63, 3.8) is 0 Å². The van der Waals surface area contributed by atoms with Crippen LogP contribution in [0.1, 0.15) is 36.5 Å². The lowest BCUT2D eigenvalue weighted by Crippen LogP contribution is -2.10. The van der Waals surface area contributed by atoms with E-state index >= 15 is 0 Å². The van der Waals surface area contributed by atoms with E-state index in [1.165, 1.54) is 16.7 Å². The van der Waals surface area contributed by atoms with Crippen LogP contribution in [0.5, 0.6) is 5.75 Å². The minimum absolute atomic E-state index is 0.329. The number of hydrogen-bond donors (Lipinski definition) is 0. The van der Waals surface area contributed by atoms with Gasteiger partial charge in [-0.25, -0.2) is 0 Å². The first-order chi connectivity index (χ1) is 6.11. The number of rotatable bonds is 0. The molecule has 13 heavy (non-hydrogen) atoms. The molecule has 1 aliphatic rings. The zero-order valence-electron chi connectivity index (χ0n) is 8.72. The number of hydrogen-bond acceptors (Lipinski definition) is 1. The second-order valence-electron chi connectivity index (χ2n) is 4.05. The average molecular weight is 176 g/mol. The number of benzene rings is 1. The van der Waals surface area contributed by atoms with Crippen molar-refractivity contribution >= 4 is 0 Å². The number of aryl methyl sites for hydroxylation is 2. The van der Waals surface area contributed by atoms with Crippen molar-refractivity contribution in [3.05, 3.63) is 28.8 Å². The summed E-state index contributed by atoms with van der Waals surface area (Å²) < 4.78 is 5.83. The maximum absolute atomic E-state index is 5.83. The minimum atomic E-state index is 0.329. The summed E-state index contributed by atoms with van der Waals surface area (Å²) in [4.78, 5) is 0. The van der Waals surface area contributed by atoms with Crippen LogP contribution in [0.4, 0.5) is 0 Å². The van der Waals surface area contributed by atoms with E-state index in [1.54, 1.807) is 0 Å². The van der Waals surface area contributed by atoms with Gasteiger partial charge in [-0.3, -0.25) is 0 Å². The summed E-state index contributed by atoms with van der Waals surface area (Å²) in [6.07, 6.45) is 0.329. The molecule has 0 N–H and O–H groups in total. The highest BCUT2D eigenvalue weighted by atomic mass is 16.5. The fourth-order valence-electron chi connectivity index (χ4n) is 2.05. The van der Waals surface area contributed by atoms with E-state index in [-0.39, 0.29) is 0 Å². The first-order valence-electron chi connectivity index (χ1n) is 4.88. The molecule has 0 aliphatic carbocycles. The molecule has 1 aliphatic heterocycles. The molecule has 1 heterocycles. The summed E-state index contributed by atoms with van der Waals surface area (Å²) in [5.41, 5.74) is 4.03. The molecule has 0 fully saturated rings. The van der Waals surface area contributed by atoms with Crippen molar-refractivity contribution in [1.82, 2.24) is 0 Å². The van der Waals surface area contributed by atoms with Crippen molar-refractivity contribution in [2.45, 2.75) is 39.7 Å². The highest BCUT2D eigenvalue weighted by Gasteiger charge is 2.29. The lowest BCUT2D eigenvalue weighted by atomic mass is 9.93. The van der Waals surface area contributed by atoms with Gasteiger partial charge in [0.05, 0.1) is 0 Å². The van der Waals surface area contributed by atoms with Gasteiger partial charge in [0, 0.05) is 11.5 Å². The largest absolute Gasteiger partial charge is 0.490 e. The summed E-state index contributed by atoms with van der Waals surface area (Å²) >= 11 is 0. The van der Waals surface area contributed by atoms with Crippen LogP contribution in [-0.4, -0.2) is 6.10 Å². The fraction of sp³-hybridized carbons (Fsp3) is 0.500. The van der Waals surface area contributed by atoms with Gasteiger partial charge in [0.25, 0.3) is 0 Å². The van der Waals surface area contributed by atoms with E-state index in [1.807, 2.05) is 0 Å². The zero-order valence-corrected chi connectivity index (χ0v) is 8.72. The Morgan fingerprint density at radius 3 is 2.31 bits per heavy atom. The monoisotopic (exact) mass is 176 g/mol. The quantitative estimate of drug-likeness (QED) is 0.590. The molecule has 0 radical (unpaired) electrons. The van der Waals surface area contributed by atoms with Gasteiger partial charge in [-0.15, -0.1) is 0 Å². The highest BCUT2D eigenvalue weighted by molar-refractivity contribution is 5.50. The number of ether oxygens (including phenoxy) is 1. The summed E-state index contributed by atoms with van der Waals surface area (Å²) in [5.74, 6) is 1.66. The Kier molecular flexibility index (Phi) is 1.83. The van der Waals surface area contributed by atoms with Crippen LogP contribution in [0.2, 0.25) is 0 Å². The third kappa shape index (κ3) is 1.14. The Morgan fingerprint density at radius 1 is 1.08 bits per heavy atom. The molecular weight excluding hydrogens is 160 g/mol. The van der Waals surface area contributed by atoms with Gasteiger partial charge in [-0.2, -0.15) is 0 Å².